The van der Waals surface area contributed by atoms with Crippen molar-refractivity contribution in [2.24, 2.45) is 0 Å². The minimum absolute atomic E-state index is 0.275. The van der Waals surface area contributed by atoms with Gasteiger partial charge in [0.05, 0.1) is 11.0 Å². The van der Waals surface area contributed by atoms with Gasteiger partial charge in [0, 0.05) is 13.6 Å². The van der Waals surface area contributed by atoms with Crippen LogP contribution in [-0.4, -0.2) is 6.71 Å². The number of hydrogen-bond acceptors (Lipinski definition) is 0. The zero-order chi connectivity index (χ0) is 26.5. The van der Waals surface area contributed by atoms with Crippen molar-refractivity contribution in [3.63, 3.8) is 0 Å². The molecule has 0 bridgehead atoms. The first kappa shape index (κ1) is 4.76. The normalized spacial score (nSPS) is 27.9. The molecule has 1 aliphatic heterocycles. The van der Waals surface area contributed by atoms with Crippen LogP contribution in [0, 0.1) is 0 Å². The molecule has 1 heterocycles. The Kier molecular flexibility index (Phi) is 1.01. The van der Waals surface area contributed by atoms with Gasteiger partial charge in [-0.15, -0.1) is 0 Å². The topological polar surface area (TPSA) is 0 Å². The zero-order valence-corrected chi connectivity index (χ0v) is 11.6. The molecule has 102 valence electrons. The van der Waals surface area contributed by atoms with Crippen LogP contribution in [0.2, 0.25) is 5.31 Å². The summed E-state index contributed by atoms with van der Waals surface area (Å²) in [6.07, 6.45) is 0. The Hall–Kier alpha value is -1.50. The highest BCUT2D eigenvalue weighted by molar-refractivity contribution is 6.88. The van der Waals surface area contributed by atoms with E-state index >= 15 is 0 Å². The fraction of sp³-hybridized carbons (Fsp3) is 0.368. The third-order valence-electron chi connectivity index (χ3n) is 3.63. The van der Waals surface area contributed by atoms with Gasteiger partial charge in [0.1, 0.15) is 0 Å². The highest BCUT2D eigenvalue weighted by atomic mass is 14.3. The van der Waals surface area contributed by atoms with Crippen molar-refractivity contribution in [3.05, 3.63) is 59.5 Å². The van der Waals surface area contributed by atoms with Crippen LogP contribution in [0.3, 0.4) is 0 Å². The van der Waals surface area contributed by atoms with E-state index in [-0.39, 0.29) is 10.9 Å². The molecule has 0 nitrogen and oxygen atoms in total. The molecule has 0 radical (unpaired) electrons. The van der Waals surface area contributed by atoms with Crippen molar-refractivity contribution >= 4 is 17.6 Å². The minimum atomic E-state index is -3.47. The van der Waals surface area contributed by atoms with Gasteiger partial charge in [-0.05, 0) is 11.1 Å². The summed E-state index contributed by atoms with van der Waals surface area (Å²) in [5.41, 5.74) is -5.02. The molecule has 2 aromatic carbocycles. The van der Waals surface area contributed by atoms with Crippen LogP contribution in [0.1, 0.15) is 64.8 Å². The number of benzene rings is 2. The summed E-state index contributed by atoms with van der Waals surface area (Å²) >= 11 is 0. The van der Waals surface area contributed by atoms with Gasteiger partial charge in [0.2, 0.25) is 6.71 Å². The molecule has 0 amide bonds. The van der Waals surface area contributed by atoms with Gasteiger partial charge in [-0.1, -0.05) is 99.1 Å². The Morgan fingerprint density at radius 1 is 0.900 bits per heavy atom. The van der Waals surface area contributed by atoms with E-state index in [9.17, 15) is 0 Å². The van der Waals surface area contributed by atoms with E-state index in [2.05, 4.69) is 0 Å². The second-order valence-electron chi connectivity index (χ2n) is 6.13. The summed E-state index contributed by atoms with van der Waals surface area (Å²) in [4.78, 5) is 0. The average Bonchev–Trinajstić information content (AvgIpc) is 2.68. The molecule has 0 aliphatic carbocycles. The lowest BCUT2D eigenvalue weighted by Crippen LogP contribution is -2.58. The summed E-state index contributed by atoms with van der Waals surface area (Å²) in [6.45, 7) is -3.07. The summed E-state index contributed by atoms with van der Waals surface area (Å²) in [5.74, 6) is 0. The molecule has 0 saturated carbocycles. The first-order chi connectivity index (χ1) is 15.2. The molecule has 20 heavy (non-hydrogen) atoms. The van der Waals surface area contributed by atoms with E-state index in [0.717, 1.165) is 0 Å². The lowest BCUT2D eigenvalue weighted by molar-refractivity contribution is 0.641. The summed E-state index contributed by atoms with van der Waals surface area (Å²) in [7, 11) is 0. The van der Waals surface area contributed by atoms with E-state index < -0.39 is 90.6 Å². The monoisotopic (exact) mass is 276 g/mol. The first-order valence-corrected chi connectivity index (χ1v) is 6.37. The fourth-order valence-corrected chi connectivity index (χ4v) is 2.80. The molecule has 3 rings (SSSR count). The van der Waals surface area contributed by atoms with Crippen molar-refractivity contribution in [2.45, 2.75) is 45.2 Å². The van der Waals surface area contributed by atoms with Gasteiger partial charge in [-0.25, -0.2) is 0 Å². The first-order valence-electron chi connectivity index (χ1n) is 13.4. The quantitative estimate of drug-likeness (QED) is 0.643. The van der Waals surface area contributed by atoms with Crippen LogP contribution >= 0.6 is 0 Å². The predicted octanol–water partition coefficient (Wildman–Crippen LogP) is 3.74. The van der Waals surface area contributed by atoms with Gasteiger partial charge in [-0.3, -0.25) is 0 Å². The molecule has 0 spiro atoms. The van der Waals surface area contributed by atoms with Gasteiger partial charge in [0.25, 0.3) is 0 Å². The van der Waals surface area contributed by atoms with Gasteiger partial charge in [-0.2, -0.15) is 0 Å². The number of fused-ring (bicyclic) bond motifs is 2. The van der Waals surface area contributed by atoms with Crippen molar-refractivity contribution in [2.75, 3.05) is 0 Å². The van der Waals surface area contributed by atoms with Crippen LogP contribution in [0.5, 0.6) is 0 Å². The van der Waals surface area contributed by atoms with Crippen LogP contribution in [-0.2, 0) is 5.41 Å². The maximum Gasteiger partial charge on any atom is 0.215 e. The van der Waals surface area contributed by atoms with E-state index in [0.29, 0.717) is 0 Å². The smallest absolute Gasteiger partial charge is 0.0696 e. The molecule has 0 aromatic heterocycles. The molecular formula is C19H23B. The SMILES string of the molecule is [2H]c1c([2H])c([2H])c2c(c1[2H])B(C(C)(C)C)c1c([2H])c([2H])c([2H])c([2H])c1C2(C([2H])([2H])[2H])C([2H])([2H])[2H]. The number of rotatable bonds is 0. The van der Waals surface area contributed by atoms with E-state index in [1.54, 1.807) is 20.8 Å². The third-order valence-corrected chi connectivity index (χ3v) is 3.63. The summed E-state index contributed by atoms with van der Waals surface area (Å²) in [5, 5.41) is -0.949. The fourth-order valence-electron chi connectivity index (χ4n) is 2.80. The maximum absolute atomic E-state index is 8.62. The van der Waals surface area contributed by atoms with Crippen LogP contribution < -0.4 is 10.9 Å². The Morgan fingerprint density at radius 2 is 1.35 bits per heavy atom. The molecule has 0 unspecified atom stereocenters. The van der Waals surface area contributed by atoms with E-state index in [4.69, 9.17) is 19.2 Å². The molecule has 0 atom stereocenters. The van der Waals surface area contributed by atoms with Crippen molar-refractivity contribution in [3.8, 4) is 0 Å². The van der Waals surface area contributed by atoms with Gasteiger partial charge in [0.15, 0.2) is 0 Å². The molecular weight excluding hydrogens is 239 g/mol. The molecule has 1 heteroatoms. The molecule has 2 aromatic rings. The average molecular weight is 276 g/mol. The highest BCUT2D eigenvalue weighted by Gasteiger charge is 2.43. The molecule has 0 N–H and O–H groups in total. The third kappa shape index (κ3) is 1.83. The van der Waals surface area contributed by atoms with Crippen molar-refractivity contribution < 1.29 is 19.2 Å². The summed E-state index contributed by atoms with van der Waals surface area (Å²) < 4.78 is 117. The lowest BCUT2D eigenvalue weighted by atomic mass is 9.25. The molecule has 0 fully saturated rings. The molecule has 1 aliphatic rings. The lowest BCUT2D eigenvalue weighted by Gasteiger charge is -2.42. The largest absolute Gasteiger partial charge is 0.215 e. The standard InChI is InChI=1S/C19H23B/c1-18(2,3)20-16-12-8-6-10-14(16)19(4,5)15-11-7-9-13-17(15)20/h6-13H,1-5H3/i4D3,5D3,6D,7D,8D,9D,10D,11D,12D,13D. The second-order valence-corrected chi connectivity index (χ2v) is 6.13. The van der Waals surface area contributed by atoms with Crippen LogP contribution in [0.15, 0.2) is 48.3 Å². The predicted molar refractivity (Wildman–Crippen MR) is 89.7 cm³/mol. The Morgan fingerprint density at radius 3 is 1.75 bits per heavy atom. The van der Waals surface area contributed by atoms with E-state index in [1.165, 1.54) is 0 Å². The highest BCUT2D eigenvalue weighted by Crippen LogP contribution is 2.38. The zero-order valence-electron chi connectivity index (χ0n) is 25.6. The molecule has 0 saturated heterocycles. The Bertz CT molecular complexity index is 1110. The summed E-state index contributed by atoms with van der Waals surface area (Å²) in [6, 6.07) is -5.98. The van der Waals surface area contributed by atoms with E-state index in [1.807, 2.05) is 0 Å². The van der Waals surface area contributed by atoms with Gasteiger partial charge < -0.3 is 0 Å². The minimum Gasteiger partial charge on any atom is -0.0696 e. The maximum atomic E-state index is 8.62. The Labute approximate surface area is 143 Å². The van der Waals surface area contributed by atoms with Crippen molar-refractivity contribution in [1.29, 1.82) is 0 Å². The number of hydrogen-bond donors (Lipinski definition) is 0. The van der Waals surface area contributed by atoms with Crippen LogP contribution in [0.25, 0.3) is 0 Å². The van der Waals surface area contributed by atoms with Gasteiger partial charge >= 0.3 is 0 Å². The second kappa shape index (κ2) is 4.25. The van der Waals surface area contributed by atoms with Crippen molar-refractivity contribution in [1.82, 2.24) is 0 Å². The van der Waals surface area contributed by atoms with Crippen LogP contribution in [0.4, 0.5) is 0 Å². The Balaban J connectivity index is 2.90.